The Morgan fingerprint density at radius 3 is 2.77 bits per heavy atom. The zero-order chi connectivity index (χ0) is 21.8. The number of hydrogen-bond donors (Lipinski definition) is 2. The zero-order valence-electron chi connectivity index (χ0n) is 16.0. The smallest absolute Gasteiger partial charge is 0.292 e. The number of hydrazone groups is 1. The van der Waals surface area contributed by atoms with Crippen LogP contribution in [0.4, 0.5) is 5.82 Å². The fraction of sp³-hybridized carbons (Fsp3) is 0.294. The summed E-state index contributed by atoms with van der Waals surface area (Å²) < 4.78 is 11.2. The van der Waals surface area contributed by atoms with E-state index in [1.165, 1.54) is 10.9 Å². The first-order chi connectivity index (χ1) is 15.0. The number of nitrogens with two attached hydrogens (primary N) is 1. The summed E-state index contributed by atoms with van der Waals surface area (Å²) in [5.74, 6) is -0.539. The molecule has 0 radical (unpaired) electrons. The van der Waals surface area contributed by atoms with Gasteiger partial charge in [-0.2, -0.15) is 9.78 Å². The molecule has 4 rings (SSSR count). The average Bonchev–Trinajstić information content (AvgIpc) is 3.37. The molecule has 0 unspecified atom stereocenters. The van der Waals surface area contributed by atoms with Crippen LogP contribution in [0, 0.1) is 0 Å². The van der Waals surface area contributed by atoms with E-state index in [4.69, 9.17) is 33.7 Å². The fourth-order valence-electron chi connectivity index (χ4n) is 2.92. The number of nitrogens with one attached hydrogen (secondary N) is 1. The molecule has 31 heavy (non-hydrogen) atoms. The van der Waals surface area contributed by atoms with Crippen molar-refractivity contribution in [3.63, 3.8) is 0 Å². The molecule has 1 aromatic carbocycles. The number of carbonyl (C=O) groups is 1. The minimum atomic E-state index is -0.563. The first kappa shape index (κ1) is 21.2. The van der Waals surface area contributed by atoms with Crippen LogP contribution in [0.5, 0.6) is 0 Å². The standard InChI is InChI=1S/C17H17Cl2N9O3/c18-11-2-1-10(7-12(11)19)8-21-23-17(29)14-13(9-27-3-5-30-6-4-27)22-26-28(14)16-15(20)24-31-25-16/h1-2,7-8H,3-6,9H2,(H2,20,24)(H,23,29)/b21-8-. The predicted octanol–water partition coefficient (Wildman–Crippen LogP) is 1.14. The second-order valence-electron chi connectivity index (χ2n) is 6.53. The van der Waals surface area contributed by atoms with Crippen LogP contribution in [-0.2, 0) is 11.3 Å². The van der Waals surface area contributed by atoms with E-state index in [9.17, 15) is 4.79 Å². The third-order valence-corrected chi connectivity index (χ3v) is 5.19. The van der Waals surface area contributed by atoms with Gasteiger partial charge in [-0.3, -0.25) is 9.69 Å². The van der Waals surface area contributed by atoms with Gasteiger partial charge in [-0.25, -0.2) is 10.1 Å². The van der Waals surface area contributed by atoms with Gasteiger partial charge in [0.25, 0.3) is 5.91 Å². The maximum absolute atomic E-state index is 13.0. The van der Waals surface area contributed by atoms with Crippen LogP contribution in [-0.4, -0.2) is 68.6 Å². The van der Waals surface area contributed by atoms with Gasteiger partial charge in [0.05, 0.1) is 29.5 Å². The molecule has 1 fully saturated rings. The predicted molar refractivity (Wildman–Crippen MR) is 111 cm³/mol. The lowest BCUT2D eigenvalue weighted by molar-refractivity contribution is 0.0335. The normalized spacial score (nSPS) is 14.9. The number of aromatic nitrogens is 5. The van der Waals surface area contributed by atoms with Crippen LogP contribution in [0.3, 0.4) is 0 Å². The van der Waals surface area contributed by atoms with Gasteiger partial charge in [0.1, 0.15) is 5.69 Å². The second-order valence-corrected chi connectivity index (χ2v) is 7.35. The summed E-state index contributed by atoms with van der Waals surface area (Å²) in [6, 6.07) is 4.96. The molecule has 1 aliphatic heterocycles. The largest absolute Gasteiger partial charge is 0.379 e. The van der Waals surface area contributed by atoms with Gasteiger partial charge in [-0.15, -0.1) is 5.10 Å². The maximum atomic E-state index is 13.0. The third-order valence-electron chi connectivity index (χ3n) is 4.45. The van der Waals surface area contributed by atoms with Gasteiger partial charge in [-0.05, 0) is 28.0 Å². The Labute approximate surface area is 185 Å². The van der Waals surface area contributed by atoms with Crippen molar-refractivity contribution in [2.75, 3.05) is 32.0 Å². The topological polar surface area (TPSA) is 150 Å². The molecule has 0 aliphatic carbocycles. The van der Waals surface area contributed by atoms with Gasteiger partial charge in [0.15, 0.2) is 5.69 Å². The summed E-state index contributed by atoms with van der Waals surface area (Å²) in [6.07, 6.45) is 1.43. The summed E-state index contributed by atoms with van der Waals surface area (Å²) >= 11 is 11.9. The van der Waals surface area contributed by atoms with Crippen LogP contribution >= 0.6 is 23.2 Å². The SMILES string of the molecule is Nc1nonc1-n1nnc(CN2CCOCC2)c1C(=O)N/N=C\c1ccc(Cl)c(Cl)c1. The van der Waals surface area contributed by atoms with Crippen molar-refractivity contribution in [3.05, 3.63) is 45.2 Å². The molecule has 2 aromatic heterocycles. The number of carbonyl (C=O) groups excluding carboxylic acids is 1. The molecule has 0 spiro atoms. The van der Waals surface area contributed by atoms with Crippen molar-refractivity contribution in [1.29, 1.82) is 0 Å². The lowest BCUT2D eigenvalue weighted by Gasteiger charge is -2.25. The van der Waals surface area contributed by atoms with Crippen molar-refractivity contribution in [3.8, 4) is 5.82 Å². The van der Waals surface area contributed by atoms with Gasteiger partial charge >= 0.3 is 0 Å². The molecule has 1 aliphatic rings. The number of amides is 1. The molecule has 12 nitrogen and oxygen atoms in total. The number of anilines is 1. The molecule has 0 atom stereocenters. The third kappa shape index (κ3) is 4.82. The lowest BCUT2D eigenvalue weighted by atomic mass is 10.2. The van der Waals surface area contributed by atoms with Gasteiger partial charge in [0.2, 0.25) is 11.6 Å². The first-order valence-electron chi connectivity index (χ1n) is 9.14. The highest BCUT2D eigenvalue weighted by Gasteiger charge is 2.26. The van der Waals surface area contributed by atoms with Crippen molar-refractivity contribution in [1.82, 2.24) is 35.6 Å². The summed E-state index contributed by atoms with van der Waals surface area (Å²) in [7, 11) is 0. The molecule has 3 N–H and O–H groups in total. The van der Waals surface area contributed by atoms with Gasteiger partial charge in [-0.1, -0.05) is 34.5 Å². The Morgan fingerprint density at radius 2 is 2.06 bits per heavy atom. The van der Waals surface area contributed by atoms with E-state index < -0.39 is 5.91 Å². The van der Waals surface area contributed by atoms with E-state index in [0.29, 0.717) is 54.2 Å². The number of halogens is 2. The number of morpholine rings is 1. The van der Waals surface area contributed by atoms with Gasteiger partial charge in [0, 0.05) is 19.6 Å². The highest BCUT2D eigenvalue weighted by molar-refractivity contribution is 6.42. The minimum Gasteiger partial charge on any atom is -0.379 e. The lowest BCUT2D eigenvalue weighted by Crippen LogP contribution is -2.36. The van der Waals surface area contributed by atoms with Crippen LogP contribution in [0.25, 0.3) is 5.82 Å². The number of nitrogen functional groups attached to an aromatic ring is 1. The second kappa shape index (κ2) is 9.39. The van der Waals surface area contributed by atoms with Crippen molar-refractivity contribution in [2.24, 2.45) is 5.10 Å². The van der Waals surface area contributed by atoms with Crippen molar-refractivity contribution in [2.45, 2.75) is 6.54 Å². The highest BCUT2D eigenvalue weighted by atomic mass is 35.5. The summed E-state index contributed by atoms with van der Waals surface area (Å²) in [4.78, 5) is 15.1. The average molecular weight is 466 g/mol. The Balaban J connectivity index is 1.58. The van der Waals surface area contributed by atoms with Crippen LogP contribution in [0.15, 0.2) is 27.9 Å². The molecule has 162 valence electrons. The molecule has 0 bridgehead atoms. The summed E-state index contributed by atoms with van der Waals surface area (Å²) in [5, 5.41) is 20.2. The van der Waals surface area contributed by atoms with E-state index in [1.807, 2.05) is 0 Å². The summed E-state index contributed by atoms with van der Waals surface area (Å²) in [6.45, 7) is 3.00. The molecular formula is C17H17Cl2N9O3. The van der Waals surface area contributed by atoms with Crippen LogP contribution in [0.1, 0.15) is 21.7 Å². The monoisotopic (exact) mass is 465 g/mol. The van der Waals surface area contributed by atoms with Gasteiger partial charge < -0.3 is 10.5 Å². The van der Waals surface area contributed by atoms with E-state index >= 15 is 0 Å². The fourth-order valence-corrected chi connectivity index (χ4v) is 3.22. The molecule has 3 aromatic rings. The molecule has 0 saturated carbocycles. The molecule has 14 heteroatoms. The van der Waals surface area contributed by atoms with E-state index in [0.717, 1.165) is 0 Å². The number of nitrogens with zero attached hydrogens (tertiary/aromatic N) is 7. The molecule has 1 saturated heterocycles. The van der Waals surface area contributed by atoms with E-state index in [-0.39, 0.29) is 17.3 Å². The first-order valence-corrected chi connectivity index (χ1v) is 9.90. The van der Waals surface area contributed by atoms with Crippen LogP contribution < -0.4 is 11.2 Å². The Hall–Kier alpha value is -3.06. The maximum Gasteiger partial charge on any atom is 0.292 e. The quantitative estimate of drug-likeness (QED) is 0.403. The van der Waals surface area contributed by atoms with Crippen LogP contribution in [0.2, 0.25) is 10.0 Å². The number of rotatable bonds is 6. The Kier molecular flexibility index (Phi) is 6.42. The molecular weight excluding hydrogens is 449 g/mol. The minimum absolute atomic E-state index is 0.0313. The zero-order valence-corrected chi connectivity index (χ0v) is 17.5. The number of ether oxygens (including phenoxy) is 1. The Morgan fingerprint density at radius 1 is 1.26 bits per heavy atom. The number of hydrogen-bond acceptors (Lipinski definition) is 10. The molecule has 3 heterocycles. The number of benzene rings is 1. The summed E-state index contributed by atoms with van der Waals surface area (Å²) in [5.41, 5.74) is 9.41. The van der Waals surface area contributed by atoms with Crippen molar-refractivity contribution < 1.29 is 14.2 Å². The van der Waals surface area contributed by atoms with E-state index in [2.05, 4.69) is 40.7 Å². The Bertz CT molecular complexity index is 1110. The molecule has 1 amide bonds. The highest BCUT2D eigenvalue weighted by Crippen LogP contribution is 2.22. The van der Waals surface area contributed by atoms with E-state index in [1.54, 1.807) is 18.2 Å². The van der Waals surface area contributed by atoms with Crippen molar-refractivity contribution >= 4 is 41.1 Å².